The molecule has 0 unspecified atom stereocenters. The van der Waals surface area contributed by atoms with Crippen molar-refractivity contribution in [1.29, 1.82) is 0 Å². The Bertz CT molecular complexity index is 1150. The van der Waals surface area contributed by atoms with Crippen molar-refractivity contribution in [3.8, 4) is 0 Å². The van der Waals surface area contributed by atoms with Crippen molar-refractivity contribution in [2.45, 2.75) is 34.6 Å². The number of rotatable bonds is 8. The van der Waals surface area contributed by atoms with Crippen LogP contribution in [0.5, 0.6) is 0 Å². The van der Waals surface area contributed by atoms with Crippen molar-refractivity contribution in [2.24, 2.45) is 0 Å². The summed E-state index contributed by atoms with van der Waals surface area (Å²) in [6.07, 6.45) is 0. The van der Waals surface area contributed by atoms with Gasteiger partial charge in [-0.1, -0.05) is 0 Å². The molecule has 0 atom stereocenters. The van der Waals surface area contributed by atoms with E-state index in [0.717, 1.165) is 38.4 Å². The van der Waals surface area contributed by atoms with Crippen molar-refractivity contribution in [3.05, 3.63) is 91.0 Å². The number of carbonyl (C=O) groups is 5. The minimum absolute atomic E-state index is 0.225. The van der Waals surface area contributed by atoms with Crippen LogP contribution in [-0.4, -0.2) is 68.7 Å². The normalized spacial score (nSPS) is 10.6. The SMILES string of the molecule is CC(=O)[O][Sn]([O]C(C)=O)([O]C(C)=O)[O]C(C)=O.CC(=O)[O][Sn]([c]1ccccc1)([c]1ccccc1)[c]1ccccc1. The maximum atomic E-state index is 12.0. The van der Waals surface area contributed by atoms with E-state index < -0.39 is 62.7 Å². The third-order valence-corrected chi connectivity index (χ3v) is 22.6. The third kappa shape index (κ3) is 9.66. The Labute approximate surface area is 243 Å². The summed E-state index contributed by atoms with van der Waals surface area (Å²) < 4.78 is 28.0. The van der Waals surface area contributed by atoms with E-state index >= 15 is 0 Å². The first-order valence-electron chi connectivity index (χ1n) is 12.0. The van der Waals surface area contributed by atoms with Gasteiger partial charge in [-0.05, 0) is 0 Å². The fourth-order valence-corrected chi connectivity index (χ4v) is 19.2. The van der Waals surface area contributed by atoms with Crippen LogP contribution in [0.15, 0.2) is 91.0 Å². The third-order valence-electron chi connectivity index (χ3n) is 4.91. The monoisotopic (exact) mass is 766 g/mol. The van der Waals surface area contributed by atoms with Gasteiger partial charge in [0.05, 0.1) is 0 Å². The van der Waals surface area contributed by atoms with Gasteiger partial charge in [0.1, 0.15) is 0 Å². The van der Waals surface area contributed by atoms with Crippen molar-refractivity contribution in [3.63, 3.8) is 0 Å². The fourth-order valence-electron chi connectivity index (χ4n) is 3.74. The Kier molecular flexibility index (Phi) is 12.6. The molecule has 0 radical (unpaired) electrons. The van der Waals surface area contributed by atoms with Crippen LogP contribution in [0.3, 0.4) is 0 Å². The molecular weight excluding hydrogens is 734 g/mol. The van der Waals surface area contributed by atoms with E-state index in [1.807, 2.05) is 54.6 Å². The molecule has 0 spiro atoms. The molecule has 12 heteroatoms. The standard InChI is InChI=1S/3C6H5.5C2H4O2.2Sn/c3*1-2-4-6-5-3-1;5*1-2(3)4;;/h3*1-5H;5*1H3,(H,3,4);;/q;;;;;;;;+1;+4/p-5. The first-order valence-corrected chi connectivity index (χ1v) is 22.2. The zero-order chi connectivity index (χ0) is 29.8. The average molecular weight is 764 g/mol. The molecule has 0 N–H and O–H groups in total. The van der Waals surface area contributed by atoms with Gasteiger partial charge in [-0.3, -0.25) is 0 Å². The Morgan fingerprint density at radius 3 is 0.825 bits per heavy atom. The molecule has 3 aromatic carbocycles. The van der Waals surface area contributed by atoms with Crippen LogP contribution in [0.1, 0.15) is 34.6 Å². The Hall–Kier alpha value is -3.39. The summed E-state index contributed by atoms with van der Waals surface area (Å²) in [7, 11) is 0. The molecule has 0 aliphatic rings. The Morgan fingerprint density at radius 1 is 0.400 bits per heavy atom. The van der Waals surface area contributed by atoms with E-state index in [1.165, 1.54) is 6.92 Å². The van der Waals surface area contributed by atoms with Gasteiger partial charge in [0, 0.05) is 0 Å². The van der Waals surface area contributed by atoms with Crippen molar-refractivity contribution >= 4 is 79.4 Å². The van der Waals surface area contributed by atoms with Crippen LogP contribution >= 0.6 is 0 Å². The van der Waals surface area contributed by atoms with E-state index in [-0.39, 0.29) is 5.97 Å². The van der Waals surface area contributed by atoms with Crippen molar-refractivity contribution < 1.29 is 39.3 Å². The van der Waals surface area contributed by atoms with Crippen LogP contribution in [-0.2, 0) is 39.3 Å². The van der Waals surface area contributed by atoms with Gasteiger partial charge in [0.15, 0.2) is 0 Å². The number of benzene rings is 3. The van der Waals surface area contributed by atoms with Crippen LogP contribution in [0.2, 0.25) is 0 Å². The second-order valence-corrected chi connectivity index (χ2v) is 22.8. The Morgan fingerprint density at radius 2 is 0.625 bits per heavy atom. The molecule has 3 rings (SSSR count). The molecule has 3 aromatic rings. The first kappa shape index (κ1) is 32.8. The van der Waals surface area contributed by atoms with Crippen LogP contribution in [0.4, 0.5) is 0 Å². The van der Waals surface area contributed by atoms with Crippen LogP contribution in [0, 0.1) is 0 Å². The van der Waals surface area contributed by atoms with Gasteiger partial charge >= 0.3 is 244 Å². The van der Waals surface area contributed by atoms with Crippen LogP contribution in [0.25, 0.3) is 0 Å². The topological polar surface area (TPSA) is 132 Å². The fraction of sp³-hybridized carbons (Fsp3) is 0.179. The number of hydrogen-bond donors (Lipinski definition) is 0. The second kappa shape index (κ2) is 15.4. The Balaban J connectivity index is 0.000000296. The summed E-state index contributed by atoms with van der Waals surface area (Å²) in [5, 5.41) is 0. The van der Waals surface area contributed by atoms with Gasteiger partial charge < -0.3 is 0 Å². The summed E-state index contributed by atoms with van der Waals surface area (Å²) >= 11 is -9.09. The summed E-state index contributed by atoms with van der Waals surface area (Å²) in [6, 6.07) is 30.5. The molecule has 0 aromatic heterocycles. The van der Waals surface area contributed by atoms with Crippen LogP contribution < -0.4 is 10.7 Å². The van der Waals surface area contributed by atoms with E-state index in [0.29, 0.717) is 0 Å². The zero-order valence-electron chi connectivity index (χ0n) is 22.7. The average Bonchev–Trinajstić information content (AvgIpc) is 2.87. The molecule has 40 heavy (non-hydrogen) atoms. The van der Waals surface area contributed by atoms with Gasteiger partial charge in [0.2, 0.25) is 0 Å². The predicted molar refractivity (Wildman–Crippen MR) is 149 cm³/mol. The van der Waals surface area contributed by atoms with Gasteiger partial charge in [-0.25, -0.2) is 0 Å². The molecule has 0 saturated carbocycles. The van der Waals surface area contributed by atoms with E-state index in [9.17, 15) is 24.0 Å². The van der Waals surface area contributed by atoms with Gasteiger partial charge in [0.25, 0.3) is 0 Å². The predicted octanol–water partition coefficient (Wildman–Crippen LogP) is 1.89. The molecular formula is C28H30O10Sn2. The number of hydrogen-bond acceptors (Lipinski definition) is 10. The molecule has 0 heterocycles. The summed E-state index contributed by atoms with van der Waals surface area (Å²) in [5.74, 6) is -3.76. The molecule has 0 saturated heterocycles. The van der Waals surface area contributed by atoms with E-state index in [1.54, 1.807) is 0 Å². The van der Waals surface area contributed by atoms with Gasteiger partial charge in [-0.2, -0.15) is 0 Å². The summed E-state index contributed by atoms with van der Waals surface area (Å²) in [4.78, 5) is 55.5. The molecule has 0 amide bonds. The molecule has 0 bridgehead atoms. The summed E-state index contributed by atoms with van der Waals surface area (Å²) in [6.45, 7) is 5.51. The molecule has 210 valence electrons. The number of carbonyl (C=O) groups excluding carboxylic acids is 5. The van der Waals surface area contributed by atoms with Crippen molar-refractivity contribution in [2.75, 3.05) is 0 Å². The van der Waals surface area contributed by atoms with E-state index in [4.69, 9.17) is 3.07 Å². The molecule has 0 aliphatic carbocycles. The first-order chi connectivity index (χ1) is 18.9. The molecule has 0 fully saturated rings. The zero-order valence-corrected chi connectivity index (χ0v) is 28.5. The quantitative estimate of drug-likeness (QED) is 0.314. The summed E-state index contributed by atoms with van der Waals surface area (Å²) in [5.41, 5.74) is 0. The molecule has 10 nitrogen and oxygen atoms in total. The molecule has 0 aliphatic heterocycles. The maximum absolute atomic E-state index is 12.0. The second-order valence-electron chi connectivity index (χ2n) is 8.25. The van der Waals surface area contributed by atoms with Gasteiger partial charge in [-0.15, -0.1) is 0 Å². The van der Waals surface area contributed by atoms with Crippen molar-refractivity contribution in [1.82, 2.24) is 0 Å². The van der Waals surface area contributed by atoms with E-state index in [2.05, 4.69) is 48.7 Å². The minimum atomic E-state index is -5.28.